The summed E-state index contributed by atoms with van der Waals surface area (Å²) in [4.78, 5) is 35.7. The number of ether oxygens (including phenoxy) is 2. The fourth-order valence-corrected chi connectivity index (χ4v) is 9.10. The Bertz CT molecular complexity index is 1320. The van der Waals surface area contributed by atoms with Gasteiger partial charge in [0.2, 0.25) is 0 Å². The molecule has 0 aromatic carbocycles. The highest BCUT2D eigenvalue weighted by atomic mass is 31.2. The molecule has 0 aliphatic rings. The molecule has 1 N–H and O–H groups in total. The molecule has 0 saturated carbocycles. The van der Waals surface area contributed by atoms with Gasteiger partial charge in [0, 0.05) is 12.8 Å². The number of unbranched alkanes of at least 4 members (excludes halogenated alkanes) is 32. The Hall–Kier alpha value is -2.03. The average Bonchev–Trinajstić information content (AvgIpc) is 3.32. The van der Waals surface area contributed by atoms with E-state index in [4.69, 9.17) is 18.5 Å². The number of hydrogen-bond donors (Lipinski definition) is 1. The minimum atomic E-state index is -4.38. The highest BCUT2D eigenvalue weighted by Crippen LogP contribution is 2.43. The average molecular weight is 1010 g/mol. The van der Waals surface area contributed by atoms with Gasteiger partial charge in [-0.05, 0) is 51.4 Å². The zero-order valence-corrected chi connectivity index (χ0v) is 47.4. The lowest BCUT2D eigenvalue weighted by atomic mass is 10.0. The van der Waals surface area contributed by atoms with Gasteiger partial charge in [-0.2, -0.15) is 0 Å². The van der Waals surface area contributed by atoms with Crippen molar-refractivity contribution in [2.75, 3.05) is 47.5 Å². The number of rotatable bonds is 54. The normalized spacial score (nSPS) is 13.6. The van der Waals surface area contributed by atoms with E-state index in [9.17, 15) is 19.0 Å². The molecular weight excluding hydrogens is 894 g/mol. The van der Waals surface area contributed by atoms with Crippen molar-refractivity contribution in [1.29, 1.82) is 0 Å². The number of allylic oxidation sites excluding steroid dienone is 8. The number of phosphoric ester groups is 1. The molecule has 2 unspecified atom stereocenters. The van der Waals surface area contributed by atoms with Gasteiger partial charge in [0.05, 0.1) is 27.7 Å². The van der Waals surface area contributed by atoms with Crippen LogP contribution in [0, 0.1) is 0 Å². The number of hydrogen-bond acceptors (Lipinski definition) is 7. The zero-order chi connectivity index (χ0) is 51.3. The van der Waals surface area contributed by atoms with Crippen molar-refractivity contribution in [3.8, 4) is 0 Å². The van der Waals surface area contributed by atoms with E-state index < -0.39 is 26.5 Å². The van der Waals surface area contributed by atoms with Crippen LogP contribution in [0.2, 0.25) is 0 Å². The van der Waals surface area contributed by atoms with Crippen LogP contribution in [-0.4, -0.2) is 74.9 Å². The summed E-state index contributed by atoms with van der Waals surface area (Å²) in [5, 5.41) is 0. The molecule has 0 spiro atoms. The van der Waals surface area contributed by atoms with E-state index in [2.05, 4.69) is 62.5 Å². The molecule has 410 valence electrons. The van der Waals surface area contributed by atoms with Crippen LogP contribution in [0.3, 0.4) is 0 Å². The van der Waals surface area contributed by atoms with Crippen molar-refractivity contribution >= 4 is 19.8 Å². The van der Waals surface area contributed by atoms with Crippen molar-refractivity contribution in [3.05, 3.63) is 48.6 Å². The van der Waals surface area contributed by atoms with Crippen LogP contribution in [0.5, 0.6) is 0 Å². The zero-order valence-electron chi connectivity index (χ0n) is 46.5. The molecule has 0 aromatic heterocycles. The number of carbonyl (C=O) groups is 2. The number of carbonyl (C=O) groups excluding carboxylic acids is 2. The fraction of sp³-hybridized carbons (Fsp3) is 0.833. The largest absolute Gasteiger partial charge is 0.472 e. The third kappa shape index (κ3) is 55.3. The Labute approximate surface area is 433 Å². The summed E-state index contributed by atoms with van der Waals surface area (Å²) in [5.41, 5.74) is 0. The van der Waals surface area contributed by atoms with Gasteiger partial charge in [-0.3, -0.25) is 18.6 Å². The second kappa shape index (κ2) is 51.9. The molecule has 0 radical (unpaired) electrons. The van der Waals surface area contributed by atoms with Crippen molar-refractivity contribution in [3.63, 3.8) is 0 Å². The molecule has 0 amide bonds. The molecule has 10 heteroatoms. The van der Waals surface area contributed by atoms with Gasteiger partial charge in [-0.15, -0.1) is 0 Å². The lowest BCUT2D eigenvalue weighted by Crippen LogP contribution is -2.37. The topological polar surface area (TPSA) is 108 Å². The van der Waals surface area contributed by atoms with Crippen LogP contribution in [0.25, 0.3) is 0 Å². The molecular formula is C60H113NO8P+. The Kier molecular flexibility index (Phi) is 50.4. The standard InChI is InChI=1S/C60H112NO8P/c1-6-8-10-12-14-16-18-20-22-24-25-26-27-28-29-30-31-32-33-34-35-37-39-41-43-45-47-49-51-53-60(63)69-58(57-68-70(64,65)67-55-54-61(3,4)5)56-66-59(62)52-50-48-46-44-42-40-38-36-23-21-19-17-15-13-11-9-7-2/h8,10,14,16,20,22,25-26,58H,6-7,9,11-13,15,17-19,21,23-24,27-57H2,1-5H3/p+1/b10-8-,16-14-,22-20-,26-25-. The predicted octanol–water partition coefficient (Wildman–Crippen LogP) is 18.1. The van der Waals surface area contributed by atoms with E-state index >= 15 is 0 Å². The quantitative estimate of drug-likeness (QED) is 0.0211. The Balaban J connectivity index is 4.09. The first kappa shape index (κ1) is 68.0. The SMILES string of the molecule is CC/C=C\C/C=C\C/C=C\C/C=C\CCCCCCCCCCCCCCCCCCC(=O)OC(COC(=O)CCCCCCCCCCCCCCCCCCC)COP(=O)(O)OCC[N+](C)(C)C. The minimum Gasteiger partial charge on any atom is -0.462 e. The minimum absolute atomic E-state index is 0.0334. The highest BCUT2D eigenvalue weighted by molar-refractivity contribution is 7.47. The van der Waals surface area contributed by atoms with Crippen LogP contribution >= 0.6 is 7.82 Å². The van der Waals surface area contributed by atoms with Gasteiger partial charge < -0.3 is 18.9 Å². The van der Waals surface area contributed by atoms with Gasteiger partial charge in [-0.1, -0.05) is 255 Å². The molecule has 0 aliphatic heterocycles. The van der Waals surface area contributed by atoms with E-state index in [1.807, 2.05) is 21.1 Å². The molecule has 0 rings (SSSR count). The van der Waals surface area contributed by atoms with Crippen LogP contribution < -0.4 is 0 Å². The summed E-state index contributed by atoms with van der Waals surface area (Å²) < 4.78 is 34.6. The summed E-state index contributed by atoms with van der Waals surface area (Å²) in [6.07, 6.45) is 64.7. The van der Waals surface area contributed by atoms with E-state index in [0.717, 1.165) is 57.8 Å². The second-order valence-electron chi connectivity index (χ2n) is 21.0. The molecule has 9 nitrogen and oxygen atoms in total. The van der Waals surface area contributed by atoms with Crippen molar-refractivity contribution < 1.29 is 42.1 Å². The van der Waals surface area contributed by atoms with Gasteiger partial charge >= 0.3 is 19.8 Å². The molecule has 0 bridgehead atoms. The first-order valence-electron chi connectivity index (χ1n) is 29.4. The van der Waals surface area contributed by atoms with Crippen LogP contribution in [0.15, 0.2) is 48.6 Å². The van der Waals surface area contributed by atoms with Gasteiger partial charge in [0.25, 0.3) is 0 Å². The van der Waals surface area contributed by atoms with Gasteiger partial charge in [0.1, 0.15) is 19.8 Å². The Morgan fingerprint density at radius 3 is 1.21 bits per heavy atom. The van der Waals surface area contributed by atoms with Gasteiger partial charge in [-0.25, -0.2) is 4.57 Å². The molecule has 70 heavy (non-hydrogen) atoms. The van der Waals surface area contributed by atoms with Crippen molar-refractivity contribution in [2.24, 2.45) is 0 Å². The van der Waals surface area contributed by atoms with E-state index in [1.165, 1.54) is 180 Å². The summed E-state index contributed by atoms with van der Waals surface area (Å²) in [6, 6.07) is 0. The van der Waals surface area contributed by atoms with Crippen LogP contribution in [-0.2, 0) is 32.7 Å². The van der Waals surface area contributed by atoms with Crippen LogP contribution in [0.4, 0.5) is 0 Å². The van der Waals surface area contributed by atoms with Crippen LogP contribution in [0.1, 0.15) is 271 Å². The summed E-state index contributed by atoms with van der Waals surface area (Å²) in [6.45, 7) is 4.36. The molecule has 0 aliphatic carbocycles. The Morgan fingerprint density at radius 1 is 0.457 bits per heavy atom. The van der Waals surface area contributed by atoms with E-state index in [0.29, 0.717) is 23.9 Å². The van der Waals surface area contributed by atoms with E-state index in [1.54, 1.807) is 0 Å². The lowest BCUT2D eigenvalue weighted by Gasteiger charge is -2.24. The fourth-order valence-electron chi connectivity index (χ4n) is 8.36. The number of phosphoric acid groups is 1. The first-order valence-corrected chi connectivity index (χ1v) is 30.9. The predicted molar refractivity (Wildman–Crippen MR) is 298 cm³/mol. The Morgan fingerprint density at radius 2 is 0.814 bits per heavy atom. The third-order valence-corrected chi connectivity index (χ3v) is 13.9. The van der Waals surface area contributed by atoms with Crippen molar-refractivity contribution in [2.45, 2.75) is 277 Å². The highest BCUT2D eigenvalue weighted by Gasteiger charge is 2.27. The second-order valence-corrected chi connectivity index (χ2v) is 22.5. The van der Waals surface area contributed by atoms with E-state index in [-0.39, 0.29) is 25.6 Å². The maximum absolute atomic E-state index is 12.8. The lowest BCUT2D eigenvalue weighted by molar-refractivity contribution is -0.870. The number of likely N-dealkylation sites (N-methyl/N-ethyl adjacent to an activating group) is 1. The maximum Gasteiger partial charge on any atom is 0.472 e. The summed E-state index contributed by atoms with van der Waals surface area (Å²) >= 11 is 0. The molecule has 0 heterocycles. The molecule has 0 fully saturated rings. The molecule has 0 aromatic rings. The van der Waals surface area contributed by atoms with Crippen molar-refractivity contribution in [1.82, 2.24) is 0 Å². The van der Waals surface area contributed by atoms with Gasteiger partial charge in [0.15, 0.2) is 6.10 Å². The molecule has 2 atom stereocenters. The first-order chi connectivity index (χ1) is 34.0. The number of nitrogens with zero attached hydrogens (tertiary/aromatic N) is 1. The number of quaternary nitrogens is 1. The smallest absolute Gasteiger partial charge is 0.462 e. The monoisotopic (exact) mass is 1010 g/mol. The maximum atomic E-state index is 12.8. The summed E-state index contributed by atoms with van der Waals surface area (Å²) in [7, 11) is 1.49. The summed E-state index contributed by atoms with van der Waals surface area (Å²) in [5.74, 6) is -0.784. The number of esters is 2. The third-order valence-electron chi connectivity index (χ3n) is 12.9. The molecule has 0 saturated heterocycles.